The van der Waals surface area contributed by atoms with Crippen LogP contribution in [0.1, 0.15) is 34.6 Å². The number of hydrogen-bond acceptors (Lipinski definition) is 3. The van der Waals surface area contributed by atoms with Crippen LogP contribution in [0.25, 0.3) is 0 Å². The lowest BCUT2D eigenvalue weighted by molar-refractivity contribution is 0.305. The Kier molecular flexibility index (Phi) is 5.17. The average Bonchev–Trinajstić information content (AvgIpc) is 2.55. The topological polar surface area (TPSA) is 56.8 Å². The number of rotatable bonds is 5. The molecule has 0 fully saturated rings. The summed E-state index contributed by atoms with van der Waals surface area (Å²) in [6, 6.07) is 17.5. The van der Waals surface area contributed by atoms with Gasteiger partial charge in [0.15, 0.2) is 0 Å². The normalized spacial score (nSPS) is 11.3. The van der Waals surface area contributed by atoms with E-state index in [0.29, 0.717) is 18.6 Å². The lowest BCUT2D eigenvalue weighted by atomic mass is 9.97. The molecule has 2 rings (SSSR count). The van der Waals surface area contributed by atoms with Gasteiger partial charge in [-0.3, -0.25) is 0 Å². The first-order valence-corrected chi connectivity index (χ1v) is 7.24. The molecule has 3 nitrogen and oxygen atoms in total. The molecule has 1 atom stereocenters. The second kappa shape index (κ2) is 7.29. The summed E-state index contributed by atoms with van der Waals surface area (Å²) in [7, 11) is 0. The van der Waals surface area contributed by atoms with Gasteiger partial charge in [-0.15, -0.1) is 0 Å². The van der Waals surface area contributed by atoms with Gasteiger partial charge in [0.25, 0.3) is 0 Å². The third-order valence-electron chi connectivity index (χ3n) is 3.75. The summed E-state index contributed by atoms with van der Waals surface area (Å²) in [6.07, 6.45) is 0.620. The molecule has 2 aromatic carbocycles. The summed E-state index contributed by atoms with van der Waals surface area (Å²) in [5.41, 5.74) is 3.96. The van der Waals surface area contributed by atoms with Crippen molar-refractivity contribution in [3.8, 4) is 17.9 Å². The van der Waals surface area contributed by atoms with E-state index in [9.17, 15) is 5.26 Å². The predicted molar refractivity (Wildman–Crippen MR) is 85.5 cm³/mol. The van der Waals surface area contributed by atoms with E-state index in [1.807, 2.05) is 30.3 Å². The van der Waals surface area contributed by atoms with Gasteiger partial charge >= 0.3 is 0 Å². The SMILES string of the molecule is Cc1ccc(OCCC(C#N)c2ccc(C#N)cc2)cc1C. The van der Waals surface area contributed by atoms with Crippen molar-refractivity contribution in [3.63, 3.8) is 0 Å². The third-order valence-corrected chi connectivity index (χ3v) is 3.75. The van der Waals surface area contributed by atoms with Crippen molar-refractivity contribution in [2.75, 3.05) is 6.61 Å². The largest absolute Gasteiger partial charge is 0.494 e. The second-order valence-electron chi connectivity index (χ2n) is 5.30. The molecular formula is C19H18N2O. The minimum absolute atomic E-state index is 0.223. The minimum atomic E-state index is -0.223. The Morgan fingerprint density at radius 2 is 1.73 bits per heavy atom. The fourth-order valence-corrected chi connectivity index (χ4v) is 2.19. The number of ether oxygens (including phenoxy) is 1. The van der Waals surface area contributed by atoms with Crippen molar-refractivity contribution in [3.05, 3.63) is 64.7 Å². The van der Waals surface area contributed by atoms with Crippen LogP contribution >= 0.6 is 0 Å². The van der Waals surface area contributed by atoms with Crippen molar-refractivity contribution in [1.29, 1.82) is 10.5 Å². The monoisotopic (exact) mass is 290 g/mol. The Hall–Kier alpha value is -2.78. The second-order valence-corrected chi connectivity index (χ2v) is 5.30. The van der Waals surface area contributed by atoms with Crippen LogP contribution in [-0.4, -0.2) is 6.61 Å². The summed E-state index contributed by atoms with van der Waals surface area (Å²) in [5.74, 6) is 0.610. The number of nitrogens with zero attached hydrogens (tertiary/aromatic N) is 2. The fraction of sp³-hybridized carbons (Fsp3) is 0.263. The van der Waals surface area contributed by atoms with Gasteiger partial charge in [0.05, 0.1) is 30.2 Å². The van der Waals surface area contributed by atoms with Crippen LogP contribution in [0.5, 0.6) is 5.75 Å². The molecule has 0 heterocycles. The van der Waals surface area contributed by atoms with E-state index < -0.39 is 0 Å². The highest BCUT2D eigenvalue weighted by Crippen LogP contribution is 2.21. The van der Waals surface area contributed by atoms with Gasteiger partial charge < -0.3 is 4.74 Å². The summed E-state index contributed by atoms with van der Waals surface area (Å²) in [5, 5.41) is 18.1. The van der Waals surface area contributed by atoms with E-state index in [0.717, 1.165) is 11.3 Å². The zero-order valence-electron chi connectivity index (χ0n) is 12.8. The number of benzene rings is 2. The van der Waals surface area contributed by atoms with Gasteiger partial charge in [0, 0.05) is 6.42 Å². The molecule has 0 aliphatic carbocycles. The summed E-state index contributed by atoms with van der Waals surface area (Å²) in [6.45, 7) is 4.60. The first-order chi connectivity index (χ1) is 10.6. The number of hydrogen-bond donors (Lipinski definition) is 0. The third kappa shape index (κ3) is 3.87. The van der Waals surface area contributed by atoms with E-state index >= 15 is 0 Å². The molecule has 0 bridgehead atoms. The lowest BCUT2D eigenvalue weighted by Gasteiger charge is -2.12. The Labute approximate surface area is 131 Å². The van der Waals surface area contributed by atoms with E-state index in [2.05, 4.69) is 26.0 Å². The Bertz CT molecular complexity index is 721. The molecule has 3 heteroatoms. The molecule has 0 aliphatic heterocycles. The number of aryl methyl sites for hydroxylation is 2. The standard InChI is InChI=1S/C19H18N2O/c1-14-3-8-19(11-15(14)2)22-10-9-18(13-21)17-6-4-16(12-20)5-7-17/h3-8,11,18H,9-10H2,1-2H3. The van der Waals surface area contributed by atoms with Crippen LogP contribution in [-0.2, 0) is 0 Å². The quantitative estimate of drug-likeness (QED) is 0.827. The predicted octanol–water partition coefficient (Wildman–Crippen LogP) is 4.25. The van der Waals surface area contributed by atoms with Gasteiger partial charge in [0.1, 0.15) is 5.75 Å². The molecule has 0 saturated carbocycles. The molecule has 0 aliphatic rings. The first-order valence-electron chi connectivity index (χ1n) is 7.24. The molecule has 0 spiro atoms. The summed E-state index contributed by atoms with van der Waals surface area (Å²) in [4.78, 5) is 0. The summed E-state index contributed by atoms with van der Waals surface area (Å²) >= 11 is 0. The van der Waals surface area contributed by atoms with Crippen LogP contribution in [0.4, 0.5) is 0 Å². The van der Waals surface area contributed by atoms with E-state index in [1.165, 1.54) is 11.1 Å². The van der Waals surface area contributed by atoms with Crippen LogP contribution in [0, 0.1) is 36.5 Å². The van der Waals surface area contributed by atoms with Crippen molar-refractivity contribution < 1.29 is 4.74 Å². The van der Waals surface area contributed by atoms with Gasteiger partial charge in [-0.25, -0.2) is 0 Å². The van der Waals surface area contributed by atoms with Crippen molar-refractivity contribution >= 4 is 0 Å². The Morgan fingerprint density at radius 1 is 1.00 bits per heavy atom. The van der Waals surface area contributed by atoms with Gasteiger partial charge in [-0.1, -0.05) is 18.2 Å². The molecule has 0 aromatic heterocycles. The molecule has 0 saturated heterocycles. The molecular weight excluding hydrogens is 272 g/mol. The molecule has 0 radical (unpaired) electrons. The van der Waals surface area contributed by atoms with E-state index in [4.69, 9.17) is 10.00 Å². The molecule has 2 aromatic rings. The molecule has 22 heavy (non-hydrogen) atoms. The van der Waals surface area contributed by atoms with Crippen LogP contribution in [0.3, 0.4) is 0 Å². The highest BCUT2D eigenvalue weighted by atomic mass is 16.5. The summed E-state index contributed by atoms with van der Waals surface area (Å²) < 4.78 is 5.74. The van der Waals surface area contributed by atoms with Crippen molar-refractivity contribution in [1.82, 2.24) is 0 Å². The fourth-order valence-electron chi connectivity index (χ4n) is 2.19. The van der Waals surface area contributed by atoms with Crippen LogP contribution < -0.4 is 4.74 Å². The minimum Gasteiger partial charge on any atom is -0.494 e. The van der Waals surface area contributed by atoms with Gasteiger partial charge in [-0.2, -0.15) is 10.5 Å². The van der Waals surface area contributed by atoms with Gasteiger partial charge in [-0.05, 0) is 54.8 Å². The van der Waals surface area contributed by atoms with Crippen LogP contribution in [0.2, 0.25) is 0 Å². The zero-order valence-corrected chi connectivity index (χ0v) is 12.8. The van der Waals surface area contributed by atoms with Gasteiger partial charge in [0.2, 0.25) is 0 Å². The zero-order chi connectivity index (χ0) is 15.9. The average molecular weight is 290 g/mol. The van der Waals surface area contributed by atoms with Crippen molar-refractivity contribution in [2.24, 2.45) is 0 Å². The maximum absolute atomic E-state index is 9.31. The van der Waals surface area contributed by atoms with Crippen LogP contribution in [0.15, 0.2) is 42.5 Å². The first kappa shape index (κ1) is 15.6. The van der Waals surface area contributed by atoms with Crippen molar-refractivity contribution in [2.45, 2.75) is 26.2 Å². The Balaban J connectivity index is 1.95. The maximum atomic E-state index is 9.31. The van der Waals surface area contributed by atoms with E-state index in [1.54, 1.807) is 12.1 Å². The molecule has 110 valence electrons. The Morgan fingerprint density at radius 3 is 2.32 bits per heavy atom. The highest BCUT2D eigenvalue weighted by Gasteiger charge is 2.11. The lowest BCUT2D eigenvalue weighted by Crippen LogP contribution is -2.05. The molecule has 0 amide bonds. The maximum Gasteiger partial charge on any atom is 0.119 e. The molecule has 0 N–H and O–H groups in total. The highest BCUT2D eigenvalue weighted by molar-refractivity contribution is 5.35. The number of nitriles is 2. The van der Waals surface area contributed by atoms with E-state index in [-0.39, 0.29) is 5.92 Å². The smallest absolute Gasteiger partial charge is 0.119 e. The molecule has 1 unspecified atom stereocenters.